The van der Waals surface area contributed by atoms with Gasteiger partial charge >= 0.3 is 53.7 Å². The van der Waals surface area contributed by atoms with Gasteiger partial charge in [0.1, 0.15) is 5.69 Å². The van der Waals surface area contributed by atoms with Crippen LogP contribution in [-0.4, -0.2) is 284 Å². The maximum atomic E-state index is 12.6. The van der Waals surface area contributed by atoms with Gasteiger partial charge in [-0.05, 0) is 284 Å². The minimum Gasteiger partial charge on any atom is -0.481 e. The Labute approximate surface area is 980 Å². The van der Waals surface area contributed by atoms with Crippen LogP contribution in [0.2, 0.25) is 0 Å². The van der Waals surface area contributed by atoms with Crippen LogP contribution in [0.5, 0.6) is 0 Å². The smallest absolute Gasteiger partial charge is 0.313 e. The number of aromatic nitrogens is 1. The molecule has 2 aromatic carbocycles. The number of thiol groups is 4. The van der Waals surface area contributed by atoms with Gasteiger partial charge < -0.3 is 68.1 Å². The van der Waals surface area contributed by atoms with Crippen LogP contribution >= 0.6 is 224 Å². The summed E-state index contributed by atoms with van der Waals surface area (Å²) in [5.41, 5.74) is 12.6. The van der Waals surface area contributed by atoms with Gasteiger partial charge in [0.05, 0.1) is 27.6 Å². The number of unbranched alkanes of at least 4 members (excludes halogenated alkanes) is 8. The molecule has 1 fully saturated rings. The van der Waals surface area contributed by atoms with E-state index in [1.54, 1.807) is 42.1 Å². The maximum absolute atomic E-state index is 12.6. The van der Waals surface area contributed by atoms with Gasteiger partial charge in [-0.3, -0.25) is 76.9 Å². The Hall–Kier alpha value is -3.40. The Morgan fingerprint density at radius 3 is 1.15 bits per heavy atom. The number of carbonyl (C=O) groups excluding carboxylic acids is 6. The number of nitrogens with one attached hydrogen (secondary N) is 2. The highest BCUT2D eigenvalue weighted by Gasteiger charge is 2.25. The third-order valence-electron chi connectivity index (χ3n) is 21.7. The minimum atomic E-state index is -0.808. The van der Waals surface area contributed by atoms with E-state index in [0.717, 1.165) is 221 Å². The number of benzene rings is 2. The molecule has 4 amide bonds. The van der Waals surface area contributed by atoms with Crippen LogP contribution in [0.1, 0.15) is 321 Å². The van der Waals surface area contributed by atoms with Crippen molar-refractivity contribution >= 4 is 311 Å². The monoisotopic (exact) mass is 2530 g/mol. The van der Waals surface area contributed by atoms with E-state index < -0.39 is 59.6 Å². The average molecular weight is 2530 g/mol. The zero-order valence-electron chi connectivity index (χ0n) is 87.3. The van der Waals surface area contributed by atoms with Gasteiger partial charge in [0.2, 0.25) is 28.0 Å². The van der Waals surface area contributed by atoms with Gasteiger partial charge in [-0.2, -0.15) is 109 Å². The van der Waals surface area contributed by atoms with Crippen LogP contribution in [0.15, 0.2) is 75.8 Å². The standard InChI is InChI=1S/C22H22Br2O4S2.C21H37NO5S4.C19H28N4O5S2.C12H24O2S2.C10H18O4S2.C10H20O2S2.C9H18O2S2/c23-17-9-5-15(6-10-17)21(27)29-14-13-19(3-1-2-4-20(25)26)30-22(28)16-7-11-18(24)12-8-16;23-18(15-30-16(10-13-28)5-1-3-7-19(24)25)22-12-9-21-29-14-11-17(31-21)6-2-4-8-20(26)27;20-16(24)11-30-14(3-1-2-4-18(26)27)7-8-29-12-17(25)23-10-13-5-6-15(19(21)28)22-9-13;1-3-15-10-9-11(16-4-2)7-5-6-8-12(13)14;11-9(12)4-2-1-3-8(5-6-15)16-7-10(13)14;1-2-14-9(7-8-13)5-3-4-6-10(11)12;1-13-8(6-7-12)4-2-3-5-9(10)11/h5-12,19H,1-4,13-14H2,(H,25,26);16-17,21,28H,1-15H2,(H,22,23)(H,24,25)(H,26,27);5-6,9,14H,1-4,7-8,10-12H2,(H2,20,24)(H2,21,28)(H,23,25)(H,26,27);11H,3-10H2,1-2H3,(H,13,14);8,15H,1-7H2,(H,11,12)(H,13,14);9,13H,2-8H2,1H3,(H,11,12);8,12H,2-7H2,1H3,(H,10,11). The topological polar surface area (TPSA) is 527 Å². The van der Waals surface area contributed by atoms with Crippen LogP contribution < -0.4 is 22.1 Å². The van der Waals surface area contributed by atoms with Crippen LogP contribution in [-0.2, 0) is 64.1 Å². The van der Waals surface area contributed by atoms with Crippen LogP contribution in [0.25, 0.3) is 0 Å². The average Bonchev–Trinajstić information content (AvgIpc) is 0.883. The molecule has 0 radical (unpaired) electrons. The molecule has 858 valence electrons. The number of carboxylic acids is 9. The molecule has 9 unspecified atom stereocenters. The molecule has 0 aliphatic carbocycles. The number of nitrogens with zero attached hydrogens (tertiary/aromatic N) is 1. The summed E-state index contributed by atoms with van der Waals surface area (Å²) in [6, 6.07) is 17.7. The lowest BCUT2D eigenvalue weighted by Crippen LogP contribution is -2.29. The first-order valence-corrected chi connectivity index (χ1v) is 67.9. The lowest BCUT2D eigenvalue weighted by atomic mass is 10.1. The van der Waals surface area contributed by atoms with Crippen molar-refractivity contribution in [3.05, 3.63) is 98.2 Å². The van der Waals surface area contributed by atoms with Crippen LogP contribution in [0.3, 0.4) is 0 Å². The summed E-state index contributed by atoms with van der Waals surface area (Å²) in [6.45, 7) is 7.55. The lowest BCUT2D eigenvalue weighted by molar-refractivity contribution is -0.138. The number of halogens is 2. The fraction of sp³-hybridized carbons (Fsp3) is 0.689. The molecule has 1 saturated heterocycles. The quantitative estimate of drug-likeness (QED) is 0.0184. The number of rotatable bonds is 83. The van der Waals surface area contributed by atoms with E-state index in [4.69, 9.17) is 57.4 Å². The predicted octanol–water partition coefficient (Wildman–Crippen LogP) is 24.8. The summed E-state index contributed by atoms with van der Waals surface area (Å²) in [7, 11) is 0. The van der Waals surface area contributed by atoms with E-state index in [-0.39, 0.29) is 93.0 Å². The number of nitrogens with two attached hydrogens (primary N) is 2. The molecule has 0 spiro atoms. The highest BCUT2D eigenvalue weighted by atomic mass is 79.9. The van der Waals surface area contributed by atoms with Gasteiger partial charge in [-0.1, -0.05) is 134 Å². The van der Waals surface area contributed by atoms with E-state index in [0.29, 0.717) is 118 Å². The summed E-state index contributed by atoms with van der Waals surface area (Å²) < 4.78 is 2.34. The molecule has 15 N–H and O–H groups in total. The molecular weight excluding hydrogens is 2360 g/mol. The first kappa shape index (κ1) is 151. The normalized spacial score (nSPS) is 13.7. The van der Waals surface area contributed by atoms with Gasteiger partial charge in [0.15, 0.2) is 0 Å². The Kier molecular flexibility index (Phi) is 105. The Bertz CT molecular complexity index is 4100. The van der Waals surface area contributed by atoms with Crippen molar-refractivity contribution in [2.24, 2.45) is 11.5 Å². The molecule has 150 heavy (non-hydrogen) atoms. The number of hydrogen-bond acceptors (Lipinski definition) is 32. The second-order valence-corrected chi connectivity index (χ2v) is 54.0. The molecule has 1 aliphatic heterocycles. The highest BCUT2D eigenvalue weighted by molar-refractivity contribution is 9.10. The molecule has 1 aliphatic rings. The maximum Gasteiger partial charge on any atom is 0.313 e. The van der Waals surface area contributed by atoms with Gasteiger partial charge in [-0.25, -0.2) is 0 Å². The molecule has 4 rings (SSSR count). The van der Waals surface area contributed by atoms with Crippen LogP contribution in [0, 0.1) is 0 Å². The zero-order valence-corrected chi connectivity index (χ0v) is 104. The molecule has 1 aromatic heterocycles. The number of hydrogen-bond donors (Lipinski definition) is 17. The molecule has 47 heteroatoms. The number of pyridine rings is 1. The lowest BCUT2D eigenvalue weighted by Gasteiger charge is -2.28. The number of carbonyl (C=O) groups is 15. The van der Waals surface area contributed by atoms with Gasteiger partial charge in [0.25, 0.3) is 5.91 Å². The van der Waals surface area contributed by atoms with Crippen molar-refractivity contribution in [2.45, 2.75) is 337 Å². The molecule has 9 atom stereocenters. The van der Waals surface area contributed by atoms with E-state index in [1.807, 2.05) is 94.8 Å². The van der Waals surface area contributed by atoms with Crippen molar-refractivity contribution in [2.75, 3.05) is 99.1 Å². The number of amides is 4. The molecule has 3 aromatic rings. The SMILES string of the molecule is CCSC(CCS)CCCCC(=O)O.CCSCCC(CCCCC(=O)O)SCC.CSC(CCS)CCCCC(=O)O.NC(=O)CSC(CCCCC(=O)O)CCSCC(=O)NCc1ccc(C(N)=O)nc1.O=C(O)CCCCC(CCS)SCC(=O)NCCC1SCCC(CCCCC(=O)O)S1.O=C(O)CCCCC(CCS)SCC(=O)O.O=C(O)CCCCC(CCSC(=O)c1ccc(Br)cc1)SC(=O)c1ccc(Br)cc1. The van der Waals surface area contributed by atoms with Crippen molar-refractivity contribution < 1.29 is 118 Å². The van der Waals surface area contributed by atoms with Gasteiger partial charge in [-0.15, -0.1) is 58.8 Å². The largest absolute Gasteiger partial charge is 0.481 e. The fourth-order valence-corrected chi connectivity index (χ4v) is 29.9. The number of carboxylic acid groups (broad SMARTS) is 9. The molecular formula is C103H167Br2N5O24S16. The Balaban J connectivity index is -0.00000173. The second-order valence-electron chi connectivity index (χ2n) is 34.3. The molecule has 29 nitrogen and oxygen atoms in total. The highest BCUT2D eigenvalue weighted by Crippen LogP contribution is 2.40. The van der Waals surface area contributed by atoms with Crippen molar-refractivity contribution in [3.8, 4) is 0 Å². The second kappa shape index (κ2) is 105. The third kappa shape index (κ3) is 100. The molecule has 2 heterocycles. The van der Waals surface area contributed by atoms with Crippen molar-refractivity contribution in [1.29, 1.82) is 0 Å². The first-order valence-electron chi connectivity index (χ1n) is 51.1. The number of thioether (sulfide) groups is 12. The van der Waals surface area contributed by atoms with Gasteiger partial charge in [0, 0.05) is 138 Å². The summed E-state index contributed by atoms with van der Waals surface area (Å²) >= 11 is 43.9. The number of aliphatic carboxylic acids is 9. The minimum absolute atomic E-state index is 0.00466. The summed E-state index contributed by atoms with van der Waals surface area (Å²) in [6.07, 6.45) is 35.3. The summed E-state index contributed by atoms with van der Waals surface area (Å²) in [5, 5.41) is 86.8. The van der Waals surface area contributed by atoms with Crippen molar-refractivity contribution in [3.63, 3.8) is 0 Å². The molecule has 0 saturated carbocycles. The van der Waals surface area contributed by atoms with E-state index in [1.165, 1.54) is 108 Å². The first-order chi connectivity index (χ1) is 71.7. The van der Waals surface area contributed by atoms with Crippen molar-refractivity contribution in [1.82, 2.24) is 15.6 Å². The number of primary amides is 2. The summed E-state index contributed by atoms with van der Waals surface area (Å²) in [4.78, 5) is 169. The van der Waals surface area contributed by atoms with Crippen LogP contribution in [0.4, 0.5) is 0 Å². The summed E-state index contributed by atoms with van der Waals surface area (Å²) in [5.74, 6) is 3.96. The molecule has 0 bridgehead atoms. The Morgan fingerprint density at radius 2 is 0.760 bits per heavy atom. The predicted molar refractivity (Wildman–Crippen MR) is 659 cm³/mol. The van der Waals surface area contributed by atoms with E-state index in [2.05, 4.69) is 125 Å². The fourth-order valence-electron chi connectivity index (χ4n) is 13.8. The van der Waals surface area contributed by atoms with E-state index in [9.17, 15) is 71.9 Å². The zero-order chi connectivity index (χ0) is 113. The van der Waals surface area contributed by atoms with E-state index >= 15 is 0 Å². The third-order valence-corrected chi connectivity index (χ3v) is 38.9. The Morgan fingerprint density at radius 1 is 0.393 bits per heavy atom.